The van der Waals surface area contributed by atoms with Crippen molar-refractivity contribution < 1.29 is 19.0 Å². The molecule has 0 amide bonds. The molecule has 2 unspecified atom stereocenters. The van der Waals surface area contributed by atoms with Gasteiger partial charge in [-0.25, -0.2) is 4.39 Å². The van der Waals surface area contributed by atoms with Gasteiger partial charge in [0, 0.05) is 13.5 Å². The third kappa shape index (κ3) is 3.91. The van der Waals surface area contributed by atoms with E-state index in [1.54, 1.807) is 25.3 Å². The molecule has 0 aliphatic heterocycles. The monoisotopic (exact) mass is 270 g/mol. The fourth-order valence-electron chi connectivity index (χ4n) is 2.29. The van der Waals surface area contributed by atoms with Crippen LogP contribution in [0.2, 0.25) is 0 Å². The summed E-state index contributed by atoms with van der Waals surface area (Å²) in [5.41, 5.74) is 0.210. The quantitative estimate of drug-likeness (QED) is 0.894. The van der Waals surface area contributed by atoms with Crippen molar-refractivity contribution in [2.75, 3.05) is 14.2 Å². The molecule has 2 atom stereocenters. The summed E-state index contributed by atoms with van der Waals surface area (Å²) in [7, 11) is 2.98. The van der Waals surface area contributed by atoms with Crippen molar-refractivity contribution in [3.63, 3.8) is 0 Å². The van der Waals surface area contributed by atoms with Gasteiger partial charge in [0.05, 0.1) is 19.3 Å². The molecule has 19 heavy (non-hydrogen) atoms. The minimum Gasteiger partial charge on any atom is -0.494 e. The van der Waals surface area contributed by atoms with Gasteiger partial charge in [-0.15, -0.1) is 0 Å². The third-order valence-corrected chi connectivity index (χ3v) is 3.15. The number of rotatable bonds is 5. The number of halogens is 1. The van der Waals surface area contributed by atoms with Crippen molar-refractivity contribution in [2.24, 2.45) is 5.41 Å². The Hall–Kier alpha value is -1.13. The van der Waals surface area contributed by atoms with E-state index in [4.69, 9.17) is 9.47 Å². The summed E-state index contributed by atoms with van der Waals surface area (Å²) in [6.45, 7) is 5.94. The minimum atomic E-state index is -0.772. The van der Waals surface area contributed by atoms with Gasteiger partial charge in [-0.2, -0.15) is 0 Å². The lowest BCUT2D eigenvalue weighted by Crippen LogP contribution is -2.40. The summed E-state index contributed by atoms with van der Waals surface area (Å²) >= 11 is 0. The van der Waals surface area contributed by atoms with Gasteiger partial charge in [-0.05, 0) is 17.0 Å². The van der Waals surface area contributed by atoms with Crippen LogP contribution >= 0.6 is 0 Å². The number of benzene rings is 1. The summed E-state index contributed by atoms with van der Waals surface area (Å²) in [5, 5.41) is 10.3. The van der Waals surface area contributed by atoms with Gasteiger partial charge in [0.1, 0.15) is 0 Å². The SMILES string of the molecule is COc1cccc(CC(O)C(OC)C(C)(C)C)c1F. The van der Waals surface area contributed by atoms with E-state index in [2.05, 4.69) is 0 Å². The van der Waals surface area contributed by atoms with Crippen molar-refractivity contribution in [3.8, 4) is 5.75 Å². The fraction of sp³-hybridized carbons (Fsp3) is 0.600. The van der Waals surface area contributed by atoms with Gasteiger partial charge in [0.2, 0.25) is 0 Å². The van der Waals surface area contributed by atoms with Crippen LogP contribution in [0, 0.1) is 11.2 Å². The first kappa shape index (κ1) is 15.9. The smallest absolute Gasteiger partial charge is 0.168 e. The maximum Gasteiger partial charge on any atom is 0.168 e. The zero-order valence-corrected chi connectivity index (χ0v) is 12.2. The zero-order chi connectivity index (χ0) is 14.6. The predicted octanol–water partition coefficient (Wildman–Crippen LogP) is 2.80. The van der Waals surface area contributed by atoms with Gasteiger partial charge in [0.25, 0.3) is 0 Å². The lowest BCUT2D eigenvalue weighted by Gasteiger charge is -2.33. The molecule has 0 spiro atoms. The molecule has 0 aliphatic carbocycles. The van der Waals surface area contributed by atoms with Crippen molar-refractivity contribution >= 4 is 0 Å². The van der Waals surface area contributed by atoms with Gasteiger partial charge < -0.3 is 14.6 Å². The molecule has 0 bridgehead atoms. The van der Waals surface area contributed by atoms with Crippen LogP contribution in [0.3, 0.4) is 0 Å². The van der Waals surface area contributed by atoms with Gasteiger partial charge in [-0.3, -0.25) is 0 Å². The summed E-state index contributed by atoms with van der Waals surface area (Å²) < 4.78 is 24.3. The van der Waals surface area contributed by atoms with Crippen molar-refractivity contribution in [1.82, 2.24) is 0 Å². The molecule has 108 valence electrons. The average Bonchev–Trinajstić information content (AvgIpc) is 2.31. The Morgan fingerprint density at radius 1 is 1.26 bits per heavy atom. The summed E-state index contributed by atoms with van der Waals surface area (Å²) in [6.07, 6.45) is -0.941. The van der Waals surface area contributed by atoms with E-state index in [9.17, 15) is 9.50 Å². The van der Waals surface area contributed by atoms with Crippen molar-refractivity contribution in [1.29, 1.82) is 0 Å². The molecular formula is C15H23FO3. The van der Waals surface area contributed by atoms with Crippen LogP contribution in [-0.2, 0) is 11.2 Å². The minimum absolute atomic E-state index is 0.189. The molecule has 0 radical (unpaired) electrons. The van der Waals surface area contributed by atoms with Gasteiger partial charge in [0.15, 0.2) is 11.6 Å². The standard InChI is InChI=1S/C15H23FO3/c1-15(2,3)14(19-5)11(17)9-10-7-6-8-12(18-4)13(10)16/h6-8,11,14,17H,9H2,1-5H3. The number of ether oxygens (including phenoxy) is 2. The second kappa shape index (κ2) is 6.35. The van der Waals surface area contributed by atoms with E-state index in [0.29, 0.717) is 5.56 Å². The van der Waals surface area contributed by atoms with E-state index in [0.717, 1.165) is 0 Å². The van der Waals surface area contributed by atoms with Crippen LogP contribution in [0.15, 0.2) is 18.2 Å². The van der Waals surface area contributed by atoms with Gasteiger partial charge >= 0.3 is 0 Å². The summed E-state index contributed by atoms with van der Waals surface area (Å²) in [4.78, 5) is 0. The van der Waals surface area contributed by atoms with Crippen LogP contribution in [0.1, 0.15) is 26.3 Å². The van der Waals surface area contributed by atoms with E-state index < -0.39 is 11.9 Å². The molecule has 0 saturated heterocycles. The average molecular weight is 270 g/mol. The summed E-state index contributed by atoms with van der Waals surface area (Å²) in [6, 6.07) is 4.92. The maximum absolute atomic E-state index is 14.0. The molecule has 0 saturated carbocycles. The Morgan fingerprint density at radius 2 is 1.89 bits per heavy atom. The predicted molar refractivity (Wildman–Crippen MR) is 72.9 cm³/mol. The maximum atomic E-state index is 14.0. The Bertz CT molecular complexity index is 412. The topological polar surface area (TPSA) is 38.7 Å². The number of hydrogen-bond donors (Lipinski definition) is 1. The molecule has 0 aromatic heterocycles. The molecule has 0 aliphatic rings. The van der Waals surface area contributed by atoms with Crippen LogP contribution < -0.4 is 4.74 Å². The molecule has 1 rings (SSSR count). The van der Waals surface area contributed by atoms with E-state index in [1.807, 2.05) is 20.8 Å². The first-order valence-corrected chi connectivity index (χ1v) is 6.33. The highest BCUT2D eigenvalue weighted by Crippen LogP contribution is 2.28. The van der Waals surface area contributed by atoms with Crippen LogP contribution in [-0.4, -0.2) is 31.5 Å². The Kier molecular flexibility index (Phi) is 5.32. The Morgan fingerprint density at radius 3 is 2.37 bits per heavy atom. The molecule has 0 heterocycles. The lowest BCUT2D eigenvalue weighted by molar-refractivity contribution is -0.0701. The zero-order valence-electron chi connectivity index (χ0n) is 12.2. The highest BCUT2D eigenvalue weighted by molar-refractivity contribution is 5.31. The number of aliphatic hydroxyl groups excluding tert-OH is 1. The first-order chi connectivity index (χ1) is 8.81. The number of hydrogen-bond acceptors (Lipinski definition) is 3. The molecule has 0 fully saturated rings. The van der Waals surface area contributed by atoms with Crippen molar-refractivity contribution in [2.45, 2.75) is 39.4 Å². The Labute approximate surface area is 114 Å². The first-order valence-electron chi connectivity index (χ1n) is 6.33. The molecular weight excluding hydrogens is 247 g/mol. The van der Waals surface area contributed by atoms with Crippen molar-refractivity contribution in [3.05, 3.63) is 29.6 Å². The van der Waals surface area contributed by atoms with Crippen LogP contribution in [0.4, 0.5) is 4.39 Å². The molecule has 1 N–H and O–H groups in total. The fourth-order valence-corrected chi connectivity index (χ4v) is 2.29. The molecule has 3 nitrogen and oxygen atoms in total. The molecule has 1 aromatic carbocycles. The van der Waals surface area contributed by atoms with Crippen LogP contribution in [0.25, 0.3) is 0 Å². The normalized spacial score (nSPS) is 15.1. The van der Waals surface area contributed by atoms with E-state index in [1.165, 1.54) is 7.11 Å². The van der Waals surface area contributed by atoms with Gasteiger partial charge in [-0.1, -0.05) is 32.9 Å². The number of aliphatic hydroxyl groups is 1. The second-order valence-electron chi connectivity index (χ2n) is 5.73. The third-order valence-electron chi connectivity index (χ3n) is 3.15. The van der Waals surface area contributed by atoms with E-state index >= 15 is 0 Å². The van der Waals surface area contributed by atoms with E-state index in [-0.39, 0.29) is 23.7 Å². The molecule has 4 heteroatoms. The van der Waals surface area contributed by atoms with Crippen LogP contribution in [0.5, 0.6) is 5.75 Å². The highest BCUT2D eigenvalue weighted by atomic mass is 19.1. The molecule has 1 aromatic rings. The Balaban J connectivity index is 2.90. The highest BCUT2D eigenvalue weighted by Gasteiger charge is 2.31. The largest absolute Gasteiger partial charge is 0.494 e. The lowest BCUT2D eigenvalue weighted by atomic mass is 9.83. The number of methoxy groups -OCH3 is 2. The second-order valence-corrected chi connectivity index (χ2v) is 5.73. The summed E-state index contributed by atoms with van der Waals surface area (Å²) in [5.74, 6) is -0.234.